The standard InChI is InChI=1S/C20H20ClNO5S/c1-14(23)16-3-2-4-19(13-16)28(25,26)22-11-9-15(10-12-22)20(24)27-18-7-5-17(21)6-8-18/h2-8,13,15H,9-12H2,1H3. The van der Waals surface area contributed by atoms with Gasteiger partial charge in [0.15, 0.2) is 5.78 Å². The Bertz CT molecular complexity index is 980. The molecule has 0 spiro atoms. The molecule has 2 aromatic rings. The van der Waals surface area contributed by atoms with E-state index in [9.17, 15) is 18.0 Å². The first-order chi connectivity index (χ1) is 13.3. The smallest absolute Gasteiger partial charge is 0.314 e. The lowest BCUT2D eigenvalue weighted by atomic mass is 9.98. The van der Waals surface area contributed by atoms with E-state index < -0.39 is 10.0 Å². The molecule has 0 radical (unpaired) electrons. The third-order valence-corrected chi connectivity index (χ3v) is 6.84. The molecule has 0 unspecified atom stereocenters. The lowest BCUT2D eigenvalue weighted by molar-refractivity contribution is -0.140. The number of carbonyl (C=O) groups excluding carboxylic acids is 2. The average molecular weight is 422 g/mol. The third kappa shape index (κ3) is 4.60. The van der Waals surface area contributed by atoms with Gasteiger partial charge in [-0.05, 0) is 56.2 Å². The van der Waals surface area contributed by atoms with Gasteiger partial charge >= 0.3 is 5.97 Å². The predicted molar refractivity (Wildman–Crippen MR) is 105 cm³/mol. The van der Waals surface area contributed by atoms with Gasteiger partial charge in [-0.15, -0.1) is 0 Å². The van der Waals surface area contributed by atoms with E-state index in [4.69, 9.17) is 16.3 Å². The number of sulfonamides is 1. The van der Waals surface area contributed by atoms with Crippen LogP contribution in [0.2, 0.25) is 5.02 Å². The zero-order valence-corrected chi connectivity index (χ0v) is 16.9. The molecule has 1 aliphatic heterocycles. The molecule has 148 valence electrons. The largest absolute Gasteiger partial charge is 0.426 e. The maximum Gasteiger partial charge on any atom is 0.314 e. The van der Waals surface area contributed by atoms with Crippen LogP contribution in [-0.4, -0.2) is 37.6 Å². The fraction of sp³-hybridized carbons (Fsp3) is 0.300. The number of hydrogen-bond donors (Lipinski definition) is 0. The van der Waals surface area contributed by atoms with Crippen LogP contribution in [0.4, 0.5) is 0 Å². The zero-order valence-electron chi connectivity index (χ0n) is 15.3. The monoisotopic (exact) mass is 421 g/mol. The summed E-state index contributed by atoms with van der Waals surface area (Å²) in [6, 6.07) is 12.5. The number of esters is 1. The number of ether oxygens (including phenoxy) is 1. The van der Waals surface area contributed by atoms with Crippen LogP contribution in [0.15, 0.2) is 53.4 Å². The Kier molecular flexibility index (Phi) is 6.17. The van der Waals surface area contributed by atoms with Crippen LogP contribution in [0.1, 0.15) is 30.1 Å². The van der Waals surface area contributed by atoms with E-state index in [2.05, 4.69) is 0 Å². The van der Waals surface area contributed by atoms with Gasteiger partial charge in [0.25, 0.3) is 0 Å². The van der Waals surface area contributed by atoms with Crippen molar-refractivity contribution in [2.24, 2.45) is 5.92 Å². The predicted octanol–water partition coefficient (Wildman–Crippen LogP) is 3.55. The molecule has 6 nitrogen and oxygen atoms in total. The summed E-state index contributed by atoms with van der Waals surface area (Å²) in [6.45, 7) is 1.82. The molecule has 28 heavy (non-hydrogen) atoms. The summed E-state index contributed by atoms with van der Waals surface area (Å²) in [7, 11) is -3.72. The SMILES string of the molecule is CC(=O)c1cccc(S(=O)(=O)N2CCC(C(=O)Oc3ccc(Cl)cc3)CC2)c1. The van der Waals surface area contributed by atoms with Crippen molar-refractivity contribution in [3.05, 3.63) is 59.1 Å². The Balaban J connectivity index is 1.64. The molecule has 1 heterocycles. The molecule has 1 fully saturated rings. The Labute approximate surface area is 169 Å². The maximum absolute atomic E-state index is 12.8. The van der Waals surface area contributed by atoms with Crippen molar-refractivity contribution in [3.63, 3.8) is 0 Å². The molecule has 0 amide bonds. The van der Waals surface area contributed by atoms with Crippen molar-refractivity contribution < 1.29 is 22.7 Å². The van der Waals surface area contributed by atoms with Gasteiger partial charge in [0.2, 0.25) is 10.0 Å². The zero-order chi connectivity index (χ0) is 20.3. The Morgan fingerprint density at radius 1 is 1.07 bits per heavy atom. The van der Waals surface area contributed by atoms with Gasteiger partial charge in [-0.3, -0.25) is 9.59 Å². The lowest BCUT2D eigenvalue weighted by Crippen LogP contribution is -2.41. The quantitative estimate of drug-likeness (QED) is 0.419. The normalized spacial score (nSPS) is 15.9. The molecule has 1 saturated heterocycles. The number of Topliss-reactive ketones (excluding diaryl/α,β-unsaturated/α-hetero) is 1. The Morgan fingerprint density at radius 3 is 2.32 bits per heavy atom. The fourth-order valence-corrected chi connectivity index (χ4v) is 4.70. The number of piperidine rings is 1. The van der Waals surface area contributed by atoms with E-state index in [1.54, 1.807) is 36.4 Å². The van der Waals surface area contributed by atoms with Crippen LogP contribution in [-0.2, 0) is 14.8 Å². The molecule has 8 heteroatoms. The first kappa shape index (κ1) is 20.5. The van der Waals surface area contributed by atoms with E-state index in [1.165, 1.54) is 23.4 Å². The average Bonchev–Trinajstić information content (AvgIpc) is 2.70. The van der Waals surface area contributed by atoms with E-state index in [0.29, 0.717) is 29.2 Å². The van der Waals surface area contributed by atoms with Gasteiger partial charge < -0.3 is 4.74 Å². The number of rotatable bonds is 5. The Morgan fingerprint density at radius 2 is 1.71 bits per heavy atom. The van der Waals surface area contributed by atoms with Crippen LogP contribution in [0.3, 0.4) is 0 Å². The van der Waals surface area contributed by atoms with Crippen LogP contribution < -0.4 is 4.74 Å². The van der Waals surface area contributed by atoms with Crippen LogP contribution >= 0.6 is 11.6 Å². The fourth-order valence-electron chi connectivity index (χ4n) is 3.06. The van der Waals surface area contributed by atoms with Crippen LogP contribution in [0.25, 0.3) is 0 Å². The van der Waals surface area contributed by atoms with Crippen molar-refractivity contribution in [2.45, 2.75) is 24.7 Å². The van der Waals surface area contributed by atoms with Crippen molar-refractivity contribution in [2.75, 3.05) is 13.1 Å². The first-order valence-corrected chi connectivity index (χ1v) is 10.7. The molecule has 0 aliphatic carbocycles. The summed E-state index contributed by atoms with van der Waals surface area (Å²) in [5.74, 6) is -0.533. The molecule has 0 aromatic heterocycles. The highest BCUT2D eigenvalue weighted by Gasteiger charge is 2.33. The lowest BCUT2D eigenvalue weighted by Gasteiger charge is -2.30. The minimum Gasteiger partial charge on any atom is -0.426 e. The summed E-state index contributed by atoms with van der Waals surface area (Å²) in [6.07, 6.45) is 0.746. The Hall–Kier alpha value is -2.22. The van der Waals surface area contributed by atoms with Gasteiger partial charge in [0.05, 0.1) is 10.8 Å². The van der Waals surface area contributed by atoms with Gasteiger partial charge in [0, 0.05) is 23.7 Å². The second-order valence-electron chi connectivity index (χ2n) is 6.64. The topological polar surface area (TPSA) is 80.8 Å². The second-order valence-corrected chi connectivity index (χ2v) is 9.01. The van der Waals surface area contributed by atoms with Crippen molar-refractivity contribution in [1.82, 2.24) is 4.31 Å². The highest BCUT2D eigenvalue weighted by atomic mass is 35.5. The number of carbonyl (C=O) groups is 2. The molecule has 0 bridgehead atoms. The molecule has 3 rings (SSSR count). The number of halogens is 1. The number of hydrogen-bond acceptors (Lipinski definition) is 5. The molecule has 0 atom stereocenters. The van der Waals surface area contributed by atoms with Crippen LogP contribution in [0, 0.1) is 5.92 Å². The van der Waals surface area contributed by atoms with Gasteiger partial charge in [-0.2, -0.15) is 4.31 Å². The van der Waals surface area contributed by atoms with E-state index in [0.717, 1.165) is 0 Å². The summed E-state index contributed by atoms with van der Waals surface area (Å²) >= 11 is 5.81. The highest BCUT2D eigenvalue weighted by Crippen LogP contribution is 2.26. The van der Waals surface area contributed by atoms with Gasteiger partial charge in [0.1, 0.15) is 5.75 Å². The molecule has 1 aliphatic rings. The summed E-state index contributed by atoms with van der Waals surface area (Å²) < 4.78 is 32.4. The third-order valence-electron chi connectivity index (χ3n) is 4.70. The molecule has 0 saturated carbocycles. The summed E-state index contributed by atoms with van der Waals surface area (Å²) in [4.78, 5) is 23.9. The van der Waals surface area contributed by atoms with Crippen molar-refractivity contribution in [3.8, 4) is 5.75 Å². The van der Waals surface area contributed by atoms with Crippen molar-refractivity contribution >= 4 is 33.4 Å². The molecule has 0 N–H and O–H groups in total. The number of benzene rings is 2. The summed E-state index contributed by atoms with van der Waals surface area (Å²) in [5, 5.41) is 0.548. The minimum atomic E-state index is -3.72. The van der Waals surface area contributed by atoms with Gasteiger partial charge in [-0.1, -0.05) is 23.7 Å². The van der Waals surface area contributed by atoms with E-state index in [-0.39, 0.29) is 35.7 Å². The number of nitrogens with zero attached hydrogens (tertiary/aromatic N) is 1. The highest BCUT2D eigenvalue weighted by molar-refractivity contribution is 7.89. The van der Waals surface area contributed by atoms with Gasteiger partial charge in [-0.25, -0.2) is 8.42 Å². The van der Waals surface area contributed by atoms with E-state index >= 15 is 0 Å². The first-order valence-electron chi connectivity index (χ1n) is 8.86. The number of ketones is 1. The molecular weight excluding hydrogens is 402 g/mol. The summed E-state index contributed by atoms with van der Waals surface area (Å²) in [5.41, 5.74) is 0.350. The molecule has 2 aromatic carbocycles. The van der Waals surface area contributed by atoms with Crippen molar-refractivity contribution in [1.29, 1.82) is 0 Å². The van der Waals surface area contributed by atoms with E-state index in [1.807, 2.05) is 0 Å². The van der Waals surface area contributed by atoms with Crippen LogP contribution in [0.5, 0.6) is 5.75 Å². The maximum atomic E-state index is 12.8. The molecular formula is C20H20ClNO5S. The second kappa shape index (κ2) is 8.43. The minimum absolute atomic E-state index is 0.0855.